The number of anilines is 1. The molecule has 4 rings (SSSR count). The molecule has 8 heteroatoms. The number of nitrogens with one attached hydrogen (secondary N) is 2. The number of Topliss-reactive ketones (excluding diaryl/α,β-unsaturated/α-hetero) is 1. The monoisotopic (exact) mass is 417 g/mol. The summed E-state index contributed by atoms with van der Waals surface area (Å²) in [7, 11) is -3.85. The van der Waals surface area contributed by atoms with E-state index in [1.165, 1.54) is 12.3 Å². The number of sulfonamides is 1. The second-order valence-electron chi connectivity index (χ2n) is 8.05. The van der Waals surface area contributed by atoms with Gasteiger partial charge in [-0.25, -0.2) is 13.4 Å². The number of pyridine rings is 1. The largest absolute Gasteiger partial charge is 0.358 e. The van der Waals surface area contributed by atoms with Gasteiger partial charge in [-0.2, -0.15) is 0 Å². The number of carbonyl (C=O) groups is 1. The first-order valence-electron chi connectivity index (χ1n) is 8.88. The van der Waals surface area contributed by atoms with Crippen molar-refractivity contribution in [1.82, 2.24) is 9.97 Å². The van der Waals surface area contributed by atoms with Crippen molar-refractivity contribution in [1.29, 1.82) is 0 Å². The van der Waals surface area contributed by atoms with E-state index >= 15 is 0 Å². The summed E-state index contributed by atoms with van der Waals surface area (Å²) in [5.74, 6) is 0.280. The first kappa shape index (κ1) is 19.0. The van der Waals surface area contributed by atoms with Crippen molar-refractivity contribution in [3.05, 3.63) is 52.3 Å². The van der Waals surface area contributed by atoms with Gasteiger partial charge in [0.2, 0.25) is 0 Å². The van der Waals surface area contributed by atoms with E-state index in [-0.39, 0.29) is 21.9 Å². The Morgan fingerprint density at radius 1 is 1.21 bits per heavy atom. The highest BCUT2D eigenvalue weighted by atomic mass is 35.5. The molecule has 1 aliphatic rings. The third-order valence-electron chi connectivity index (χ3n) is 5.00. The standard InChI is InChI=1S/C20H20ClN3O3S/c1-11-6-13-14(23-15-8-20(2,3)9-16(25)19(13)15)7-17(11)28(26,27)24-18-5-4-12(21)10-22-18/h4-7,10,23H,8-9H2,1-3H3,(H,22,24). The zero-order valence-corrected chi connectivity index (χ0v) is 17.3. The average Bonchev–Trinajstić information content (AvgIpc) is 2.91. The number of rotatable bonds is 3. The number of benzene rings is 1. The van der Waals surface area contributed by atoms with Gasteiger partial charge in [0.05, 0.1) is 9.92 Å². The summed E-state index contributed by atoms with van der Waals surface area (Å²) >= 11 is 5.80. The average molecular weight is 418 g/mol. The number of H-pyrrole nitrogens is 1. The van der Waals surface area contributed by atoms with E-state index in [9.17, 15) is 13.2 Å². The van der Waals surface area contributed by atoms with Gasteiger partial charge in [-0.3, -0.25) is 9.52 Å². The Morgan fingerprint density at radius 2 is 1.96 bits per heavy atom. The fraction of sp³-hybridized carbons (Fsp3) is 0.300. The minimum Gasteiger partial charge on any atom is -0.358 e. The third kappa shape index (κ3) is 3.29. The molecule has 1 aromatic carbocycles. The van der Waals surface area contributed by atoms with Crippen LogP contribution in [-0.4, -0.2) is 24.2 Å². The smallest absolute Gasteiger partial charge is 0.263 e. The van der Waals surface area contributed by atoms with Crippen molar-refractivity contribution >= 4 is 44.1 Å². The Morgan fingerprint density at radius 3 is 2.64 bits per heavy atom. The van der Waals surface area contributed by atoms with Gasteiger partial charge >= 0.3 is 0 Å². The van der Waals surface area contributed by atoms with Crippen molar-refractivity contribution in [2.75, 3.05) is 4.72 Å². The van der Waals surface area contributed by atoms with Gasteiger partial charge in [0, 0.05) is 34.8 Å². The lowest BCUT2D eigenvalue weighted by atomic mass is 9.76. The van der Waals surface area contributed by atoms with Crippen LogP contribution in [-0.2, 0) is 16.4 Å². The van der Waals surface area contributed by atoms with E-state index in [2.05, 4.69) is 28.5 Å². The number of carbonyl (C=O) groups excluding carboxylic acids is 1. The molecule has 0 fully saturated rings. The molecule has 0 saturated carbocycles. The molecule has 0 unspecified atom stereocenters. The number of nitrogens with zero attached hydrogens (tertiary/aromatic N) is 1. The van der Waals surface area contributed by atoms with Gasteiger partial charge < -0.3 is 4.98 Å². The second kappa shape index (κ2) is 6.32. The molecule has 0 spiro atoms. The number of aromatic amines is 1. The highest BCUT2D eigenvalue weighted by molar-refractivity contribution is 7.92. The minimum absolute atomic E-state index is 0.0935. The SMILES string of the molecule is Cc1cc2c3c([nH]c2cc1S(=O)(=O)Nc1ccc(Cl)cn1)CC(C)(C)CC3=O. The van der Waals surface area contributed by atoms with E-state index in [0.717, 1.165) is 17.5 Å². The molecular weight excluding hydrogens is 398 g/mol. The fourth-order valence-corrected chi connectivity index (χ4v) is 5.19. The van der Waals surface area contributed by atoms with Crippen LogP contribution in [0.1, 0.15) is 41.9 Å². The maximum absolute atomic E-state index is 12.9. The molecule has 146 valence electrons. The van der Waals surface area contributed by atoms with E-state index in [0.29, 0.717) is 28.1 Å². The number of hydrogen-bond donors (Lipinski definition) is 2. The van der Waals surface area contributed by atoms with E-state index in [1.807, 2.05) is 0 Å². The zero-order valence-electron chi connectivity index (χ0n) is 15.8. The zero-order chi connectivity index (χ0) is 20.3. The summed E-state index contributed by atoms with van der Waals surface area (Å²) in [6.45, 7) is 5.84. The first-order chi connectivity index (χ1) is 13.1. The van der Waals surface area contributed by atoms with Crippen molar-refractivity contribution in [3.63, 3.8) is 0 Å². The highest BCUT2D eigenvalue weighted by Crippen LogP contribution is 2.39. The molecule has 0 amide bonds. The van der Waals surface area contributed by atoms with Crippen LogP contribution in [0.4, 0.5) is 5.82 Å². The second-order valence-corrected chi connectivity index (χ2v) is 10.1. The van der Waals surface area contributed by atoms with Crippen molar-refractivity contribution in [2.45, 2.75) is 38.5 Å². The van der Waals surface area contributed by atoms with E-state index in [4.69, 9.17) is 11.6 Å². The molecule has 3 aromatic rings. The first-order valence-corrected chi connectivity index (χ1v) is 10.7. The van der Waals surface area contributed by atoms with Gasteiger partial charge in [0.25, 0.3) is 10.0 Å². The van der Waals surface area contributed by atoms with E-state index in [1.54, 1.807) is 25.1 Å². The molecular formula is C20H20ClN3O3S. The van der Waals surface area contributed by atoms with Crippen LogP contribution in [0.5, 0.6) is 0 Å². The molecule has 2 heterocycles. The van der Waals surface area contributed by atoms with Crippen LogP contribution in [0, 0.1) is 12.3 Å². The Bertz CT molecular complexity index is 1210. The summed E-state index contributed by atoms with van der Waals surface area (Å²) < 4.78 is 28.3. The Balaban J connectivity index is 1.80. The van der Waals surface area contributed by atoms with E-state index < -0.39 is 10.0 Å². The predicted octanol–water partition coefficient (Wildman–Crippen LogP) is 4.48. The molecule has 1 aliphatic carbocycles. The Labute approximate surface area is 168 Å². The molecule has 28 heavy (non-hydrogen) atoms. The fourth-order valence-electron chi connectivity index (χ4n) is 3.82. The number of hydrogen-bond acceptors (Lipinski definition) is 4. The lowest BCUT2D eigenvalue weighted by Crippen LogP contribution is -2.26. The van der Waals surface area contributed by atoms with Crippen LogP contribution >= 0.6 is 11.6 Å². The van der Waals surface area contributed by atoms with Crippen LogP contribution in [0.2, 0.25) is 5.02 Å². The minimum atomic E-state index is -3.85. The number of aryl methyl sites for hydroxylation is 1. The van der Waals surface area contributed by atoms with Crippen LogP contribution in [0.3, 0.4) is 0 Å². The number of halogens is 1. The third-order valence-corrected chi connectivity index (χ3v) is 6.72. The number of fused-ring (bicyclic) bond motifs is 3. The summed E-state index contributed by atoms with van der Waals surface area (Å²) in [4.78, 5) is 20.1. The normalized spacial score (nSPS) is 16.2. The molecule has 0 bridgehead atoms. The van der Waals surface area contributed by atoms with Crippen molar-refractivity contribution < 1.29 is 13.2 Å². The van der Waals surface area contributed by atoms with Gasteiger partial charge in [-0.15, -0.1) is 0 Å². The number of ketones is 1. The summed E-state index contributed by atoms with van der Waals surface area (Å²) in [6, 6.07) is 6.42. The molecule has 0 aliphatic heterocycles. The lowest BCUT2D eigenvalue weighted by Gasteiger charge is -2.28. The molecule has 0 radical (unpaired) electrons. The molecule has 2 aromatic heterocycles. The van der Waals surface area contributed by atoms with Gasteiger partial charge in [0.15, 0.2) is 5.78 Å². The Kier molecular flexibility index (Phi) is 4.28. The maximum Gasteiger partial charge on any atom is 0.263 e. The Hall–Kier alpha value is -2.38. The molecule has 0 atom stereocenters. The van der Waals surface area contributed by atoms with Gasteiger partial charge in [0.1, 0.15) is 5.82 Å². The van der Waals surface area contributed by atoms with Crippen LogP contribution in [0.25, 0.3) is 10.9 Å². The maximum atomic E-state index is 12.9. The van der Waals surface area contributed by atoms with Crippen molar-refractivity contribution in [2.24, 2.45) is 5.41 Å². The van der Waals surface area contributed by atoms with Gasteiger partial charge in [-0.1, -0.05) is 25.4 Å². The molecule has 6 nitrogen and oxygen atoms in total. The van der Waals surface area contributed by atoms with Gasteiger partial charge in [-0.05, 0) is 48.6 Å². The summed E-state index contributed by atoms with van der Waals surface area (Å²) in [5, 5.41) is 1.20. The van der Waals surface area contributed by atoms with Crippen LogP contribution < -0.4 is 4.72 Å². The quantitative estimate of drug-likeness (QED) is 0.657. The highest BCUT2D eigenvalue weighted by Gasteiger charge is 2.34. The van der Waals surface area contributed by atoms with Crippen LogP contribution in [0.15, 0.2) is 35.4 Å². The topological polar surface area (TPSA) is 91.9 Å². The summed E-state index contributed by atoms with van der Waals surface area (Å²) in [5.41, 5.74) is 2.65. The van der Waals surface area contributed by atoms with Crippen molar-refractivity contribution in [3.8, 4) is 0 Å². The number of aromatic nitrogens is 2. The molecule has 0 saturated heterocycles. The molecule has 2 N–H and O–H groups in total. The predicted molar refractivity (Wildman–Crippen MR) is 110 cm³/mol. The lowest BCUT2D eigenvalue weighted by molar-refractivity contribution is 0.0913. The summed E-state index contributed by atoms with van der Waals surface area (Å²) in [6.07, 6.45) is 2.61.